The van der Waals surface area contributed by atoms with Gasteiger partial charge in [0, 0.05) is 0 Å². The number of hydrogen-bond donors (Lipinski definition) is 0. The van der Waals surface area contributed by atoms with E-state index >= 15 is 0 Å². The van der Waals surface area contributed by atoms with Gasteiger partial charge in [0.05, 0.1) is 12.4 Å². The molecule has 18 heavy (non-hydrogen) atoms. The first kappa shape index (κ1) is 12.8. The molecule has 0 N–H and O–H groups in total. The maximum atomic E-state index is 5.78. The van der Waals surface area contributed by atoms with E-state index in [1.54, 1.807) is 6.20 Å². The van der Waals surface area contributed by atoms with Crippen LogP contribution in [0.25, 0.3) is 0 Å². The number of aryl methyl sites for hydroxylation is 1. The van der Waals surface area contributed by atoms with Crippen LogP contribution in [0.5, 0.6) is 11.6 Å². The van der Waals surface area contributed by atoms with E-state index in [-0.39, 0.29) is 0 Å². The van der Waals surface area contributed by atoms with Crippen LogP contribution in [0.15, 0.2) is 30.6 Å². The Bertz CT molecular complexity index is 555. The minimum absolute atomic E-state index is 0.324. The van der Waals surface area contributed by atoms with E-state index < -0.39 is 0 Å². The van der Waals surface area contributed by atoms with E-state index in [0.717, 1.165) is 11.3 Å². The summed E-state index contributed by atoms with van der Waals surface area (Å²) in [5.41, 5.74) is 2.28. The molecule has 0 bridgehead atoms. The van der Waals surface area contributed by atoms with E-state index in [1.165, 1.54) is 11.8 Å². The smallest absolute Gasteiger partial charge is 0.239 e. The van der Waals surface area contributed by atoms with Crippen LogP contribution >= 0.6 is 11.6 Å². The fourth-order valence-corrected chi connectivity index (χ4v) is 1.71. The molecule has 0 aliphatic rings. The molecule has 0 atom stereocenters. The Morgan fingerprint density at radius 2 is 2.00 bits per heavy atom. The molecule has 2 aromatic rings. The summed E-state index contributed by atoms with van der Waals surface area (Å²) in [6.07, 6.45) is 3.03. The molecule has 0 saturated heterocycles. The van der Waals surface area contributed by atoms with Crippen LogP contribution in [-0.2, 0) is 0 Å². The molecule has 0 aliphatic heterocycles. The van der Waals surface area contributed by atoms with Crippen molar-refractivity contribution in [3.63, 3.8) is 0 Å². The Hall–Kier alpha value is -1.61. The highest BCUT2D eigenvalue weighted by molar-refractivity contribution is 6.29. The molecule has 0 radical (unpaired) electrons. The molecule has 3 nitrogen and oxygen atoms in total. The van der Waals surface area contributed by atoms with Crippen LogP contribution < -0.4 is 4.74 Å². The van der Waals surface area contributed by atoms with Gasteiger partial charge in [-0.2, -0.15) is 4.98 Å². The summed E-state index contributed by atoms with van der Waals surface area (Å²) in [6, 6.07) is 6.18. The fraction of sp³-hybridized carbons (Fsp3) is 0.286. The molecule has 1 aromatic carbocycles. The van der Waals surface area contributed by atoms with E-state index in [0.29, 0.717) is 17.0 Å². The normalized spacial score (nSPS) is 10.7. The Morgan fingerprint density at radius 1 is 1.22 bits per heavy atom. The third-order valence-corrected chi connectivity index (χ3v) is 2.86. The molecule has 1 aromatic heterocycles. The number of ether oxygens (including phenoxy) is 1. The number of hydrogen-bond acceptors (Lipinski definition) is 3. The molecule has 0 fully saturated rings. The van der Waals surface area contributed by atoms with Crippen molar-refractivity contribution in [2.45, 2.75) is 26.7 Å². The summed E-state index contributed by atoms with van der Waals surface area (Å²) < 4.78 is 5.72. The van der Waals surface area contributed by atoms with Gasteiger partial charge >= 0.3 is 0 Å². The van der Waals surface area contributed by atoms with Crippen molar-refractivity contribution in [2.75, 3.05) is 0 Å². The zero-order chi connectivity index (χ0) is 13.1. The Balaban J connectivity index is 2.30. The van der Waals surface area contributed by atoms with E-state index in [2.05, 4.69) is 29.9 Å². The SMILES string of the molecule is Cc1ccc(C(C)C)cc1Oc1cncc(Cl)n1. The molecule has 0 spiro atoms. The van der Waals surface area contributed by atoms with Crippen LogP contribution in [-0.4, -0.2) is 9.97 Å². The molecular formula is C14H15ClN2O. The summed E-state index contributed by atoms with van der Waals surface area (Å²) in [7, 11) is 0. The van der Waals surface area contributed by atoms with Crippen molar-refractivity contribution in [1.29, 1.82) is 0 Å². The predicted octanol–water partition coefficient (Wildman–Crippen LogP) is 4.35. The topological polar surface area (TPSA) is 35.0 Å². The molecule has 0 unspecified atom stereocenters. The first-order valence-corrected chi connectivity index (χ1v) is 6.20. The second-order valence-corrected chi connectivity index (χ2v) is 4.85. The quantitative estimate of drug-likeness (QED) is 0.825. The zero-order valence-electron chi connectivity index (χ0n) is 10.6. The zero-order valence-corrected chi connectivity index (χ0v) is 11.4. The fourth-order valence-electron chi connectivity index (χ4n) is 1.57. The summed E-state index contributed by atoms with van der Waals surface area (Å²) in [5, 5.41) is 0.324. The Kier molecular flexibility index (Phi) is 3.82. The van der Waals surface area contributed by atoms with Crippen molar-refractivity contribution < 1.29 is 4.74 Å². The van der Waals surface area contributed by atoms with E-state index in [1.807, 2.05) is 19.1 Å². The number of halogens is 1. The van der Waals surface area contributed by atoms with Gasteiger partial charge < -0.3 is 4.74 Å². The second kappa shape index (κ2) is 5.36. The number of nitrogens with zero attached hydrogens (tertiary/aromatic N) is 2. The van der Waals surface area contributed by atoms with Gasteiger partial charge in [-0.3, -0.25) is 4.98 Å². The third-order valence-electron chi connectivity index (χ3n) is 2.68. The standard InChI is InChI=1S/C14H15ClN2O/c1-9(2)11-5-4-10(3)12(6-11)18-14-8-16-7-13(15)17-14/h4-9H,1-3H3. The van der Waals surface area contributed by atoms with Crippen LogP contribution in [0.2, 0.25) is 5.15 Å². The van der Waals surface area contributed by atoms with Gasteiger partial charge in [-0.25, -0.2) is 0 Å². The highest BCUT2D eigenvalue weighted by atomic mass is 35.5. The van der Waals surface area contributed by atoms with Crippen molar-refractivity contribution in [1.82, 2.24) is 9.97 Å². The minimum Gasteiger partial charge on any atom is -0.437 e. The van der Waals surface area contributed by atoms with Crippen molar-refractivity contribution in [3.05, 3.63) is 46.9 Å². The van der Waals surface area contributed by atoms with Crippen LogP contribution in [0.4, 0.5) is 0 Å². The number of benzene rings is 1. The Morgan fingerprint density at radius 3 is 2.67 bits per heavy atom. The van der Waals surface area contributed by atoms with Gasteiger partial charge in [0.2, 0.25) is 5.88 Å². The van der Waals surface area contributed by atoms with Crippen molar-refractivity contribution in [2.24, 2.45) is 0 Å². The number of aromatic nitrogens is 2. The van der Waals surface area contributed by atoms with Gasteiger partial charge in [-0.1, -0.05) is 37.6 Å². The summed E-state index contributed by atoms with van der Waals surface area (Å²) in [6.45, 7) is 6.29. The Labute approximate surface area is 112 Å². The molecule has 2 rings (SSSR count). The van der Waals surface area contributed by atoms with Gasteiger partial charge in [0.15, 0.2) is 5.15 Å². The molecule has 0 saturated carbocycles. The lowest BCUT2D eigenvalue weighted by atomic mass is 10.0. The third kappa shape index (κ3) is 2.99. The second-order valence-electron chi connectivity index (χ2n) is 4.46. The summed E-state index contributed by atoms with van der Waals surface area (Å²) >= 11 is 5.78. The lowest BCUT2D eigenvalue weighted by molar-refractivity contribution is 0.456. The van der Waals surface area contributed by atoms with Gasteiger partial charge in [0.25, 0.3) is 0 Å². The highest BCUT2D eigenvalue weighted by Crippen LogP contribution is 2.27. The molecule has 1 heterocycles. The minimum atomic E-state index is 0.324. The molecule has 4 heteroatoms. The van der Waals surface area contributed by atoms with Crippen LogP contribution in [0.3, 0.4) is 0 Å². The maximum Gasteiger partial charge on any atom is 0.239 e. The predicted molar refractivity (Wildman–Crippen MR) is 72.4 cm³/mol. The number of rotatable bonds is 3. The maximum absolute atomic E-state index is 5.78. The average molecular weight is 263 g/mol. The molecular weight excluding hydrogens is 248 g/mol. The van der Waals surface area contributed by atoms with Crippen molar-refractivity contribution >= 4 is 11.6 Å². The first-order valence-electron chi connectivity index (χ1n) is 5.82. The molecule has 0 aliphatic carbocycles. The van der Waals surface area contributed by atoms with Gasteiger partial charge in [-0.15, -0.1) is 0 Å². The van der Waals surface area contributed by atoms with Crippen molar-refractivity contribution in [3.8, 4) is 11.6 Å². The lowest BCUT2D eigenvalue weighted by Gasteiger charge is -2.11. The van der Waals surface area contributed by atoms with Crippen LogP contribution in [0.1, 0.15) is 30.9 Å². The average Bonchev–Trinajstić information content (AvgIpc) is 2.31. The molecule has 0 amide bonds. The monoisotopic (exact) mass is 262 g/mol. The molecule has 94 valence electrons. The van der Waals surface area contributed by atoms with Gasteiger partial charge in [-0.05, 0) is 30.0 Å². The lowest BCUT2D eigenvalue weighted by Crippen LogP contribution is -1.94. The highest BCUT2D eigenvalue weighted by Gasteiger charge is 2.07. The summed E-state index contributed by atoms with van der Waals surface area (Å²) in [4.78, 5) is 8.01. The van der Waals surface area contributed by atoms with E-state index in [9.17, 15) is 0 Å². The summed E-state index contributed by atoms with van der Waals surface area (Å²) in [5.74, 6) is 1.66. The largest absolute Gasteiger partial charge is 0.437 e. The first-order chi connectivity index (χ1) is 8.56. The van der Waals surface area contributed by atoms with Gasteiger partial charge in [0.1, 0.15) is 5.75 Å². The van der Waals surface area contributed by atoms with Crippen LogP contribution in [0, 0.1) is 6.92 Å². The van der Waals surface area contributed by atoms with E-state index in [4.69, 9.17) is 16.3 Å².